The van der Waals surface area contributed by atoms with Crippen molar-refractivity contribution in [2.45, 2.75) is 6.18 Å². The number of hydrogen-bond donors (Lipinski definition) is 1. The zero-order valence-corrected chi connectivity index (χ0v) is 9.96. The molecule has 0 bridgehead atoms. The summed E-state index contributed by atoms with van der Waals surface area (Å²) in [4.78, 5) is 0.920. The fraction of sp³-hybridized carbons (Fsp3) is 0.364. The number of nitrogens with zero attached hydrogens (tertiary/aromatic N) is 2. The second-order valence-electron chi connectivity index (χ2n) is 3.54. The van der Waals surface area contributed by atoms with E-state index in [1.807, 2.05) is 6.07 Å². The molecule has 0 fully saturated rings. The van der Waals surface area contributed by atoms with Crippen molar-refractivity contribution in [3.8, 4) is 6.07 Å². The van der Waals surface area contributed by atoms with Crippen molar-refractivity contribution in [1.82, 2.24) is 0 Å². The maximum absolute atomic E-state index is 12.4. The average Bonchev–Trinajstić information content (AvgIpc) is 2.26. The Kier molecular flexibility index (Phi) is 4.82. The first-order valence-corrected chi connectivity index (χ1v) is 5.37. The molecule has 0 amide bonds. The van der Waals surface area contributed by atoms with Gasteiger partial charge in [0.1, 0.15) is 6.54 Å². The number of anilines is 1. The van der Waals surface area contributed by atoms with Gasteiger partial charge in [-0.2, -0.15) is 18.4 Å². The van der Waals surface area contributed by atoms with Crippen LogP contribution in [0.15, 0.2) is 18.2 Å². The topological polar surface area (TPSA) is 47.3 Å². The van der Waals surface area contributed by atoms with E-state index in [9.17, 15) is 13.2 Å². The molecule has 0 unspecified atom stereocenters. The number of aliphatic hydroxyl groups excluding tert-OH is 1. The molecule has 0 aliphatic heterocycles. The van der Waals surface area contributed by atoms with E-state index in [0.29, 0.717) is 0 Å². The van der Waals surface area contributed by atoms with Gasteiger partial charge < -0.3 is 10.0 Å². The van der Waals surface area contributed by atoms with Crippen LogP contribution in [0.4, 0.5) is 18.9 Å². The zero-order chi connectivity index (χ0) is 13.8. The minimum Gasteiger partial charge on any atom is -0.395 e. The van der Waals surface area contributed by atoms with Gasteiger partial charge >= 0.3 is 6.18 Å². The molecule has 0 aliphatic carbocycles. The quantitative estimate of drug-likeness (QED) is 0.921. The van der Waals surface area contributed by atoms with Gasteiger partial charge in [0.05, 0.1) is 28.9 Å². The van der Waals surface area contributed by atoms with Gasteiger partial charge in [0.2, 0.25) is 0 Å². The lowest BCUT2D eigenvalue weighted by Crippen LogP contribution is -2.36. The van der Waals surface area contributed by atoms with Crippen molar-refractivity contribution in [2.24, 2.45) is 0 Å². The Morgan fingerprint density at radius 1 is 1.39 bits per heavy atom. The van der Waals surface area contributed by atoms with Crippen LogP contribution in [0, 0.1) is 11.3 Å². The molecule has 0 heterocycles. The van der Waals surface area contributed by atoms with Crippen LogP contribution in [0.5, 0.6) is 0 Å². The summed E-state index contributed by atoms with van der Waals surface area (Å²) in [5.74, 6) is 0. The van der Waals surface area contributed by atoms with Gasteiger partial charge in [-0.25, -0.2) is 0 Å². The molecule has 98 valence electrons. The molecule has 0 radical (unpaired) electrons. The van der Waals surface area contributed by atoms with Crippen LogP contribution in [-0.2, 0) is 0 Å². The second kappa shape index (κ2) is 5.94. The Balaban J connectivity index is 3.03. The Bertz CT molecular complexity index is 457. The number of nitriles is 1. The lowest BCUT2D eigenvalue weighted by Gasteiger charge is -2.26. The molecular formula is C11H10ClF3N2O. The number of hydrogen-bond acceptors (Lipinski definition) is 3. The number of aliphatic hydroxyl groups is 1. The molecule has 1 rings (SSSR count). The summed E-state index contributed by atoms with van der Waals surface area (Å²) >= 11 is 5.83. The smallest absolute Gasteiger partial charge is 0.395 e. The lowest BCUT2D eigenvalue weighted by atomic mass is 10.2. The Morgan fingerprint density at radius 3 is 2.50 bits per heavy atom. The van der Waals surface area contributed by atoms with E-state index in [2.05, 4.69) is 0 Å². The van der Waals surface area contributed by atoms with Crippen molar-refractivity contribution in [1.29, 1.82) is 5.26 Å². The Labute approximate surface area is 107 Å². The van der Waals surface area contributed by atoms with Crippen LogP contribution < -0.4 is 4.90 Å². The molecule has 0 saturated heterocycles. The van der Waals surface area contributed by atoms with E-state index < -0.39 is 19.3 Å². The molecule has 0 aliphatic rings. The van der Waals surface area contributed by atoms with Crippen LogP contribution in [0.1, 0.15) is 5.56 Å². The van der Waals surface area contributed by atoms with Crippen molar-refractivity contribution >= 4 is 17.3 Å². The standard InChI is InChI=1S/C11H10ClF3N2O/c12-9-5-8(6-16)1-2-10(9)17(3-4-18)7-11(13,14)15/h1-2,5,18H,3-4,7H2. The van der Waals surface area contributed by atoms with Gasteiger partial charge in [-0.1, -0.05) is 11.6 Å². The molecule has 1 aromatic carbocycles. The van der Waals surface area contributed by atoms with Gasteiger partial charge in [0, 0.05) is 6.54 Å². The monoisotopic (exact) mass is 278 g/mol. The zero-order valence-electron chi connectivity index (χ0n) is 9.21. The molecule has 18 heavy (non-hydrogen) atoms. The van der Waals surface area contributed by atoms with E-state index in [1.165, 1.54) is 18.2 Å². The van der Waals surface area contributed by atoms with Gasteiger partial charge in [-0.3, -0.25) is 0 Å². The number of alkyl halides is 3. The fourth-order valence-corrected chi connectivity index (χ4v) is 1.75. The first-order valence-electron chi connectivity index (χ1n) is 4.99. The normalized spacial score (nSPS) is 11.1. The highest BCUT2D eigenvalue weighted by Crippen LogP contribution is 2.29. The molecular weight excluding hydrogens is 269 g/mol. The predicted molar refractivity (Wildman–Crippen MR) is 61.5 cm³/mol. The molecule has 1 aromatic rings. The molecule has 3 nitrogen and oxygen atoms in total. The Hall–Kier alpha value is -1.45. The number of rotatable bonds is 4. The van der Waals surface area contributed by atoms with Gasteiger partial charge in [0.25, 0.3) is 0 Å². The van der Waals surface area contributed by atoms with E-state index >= 15 is 0 Å². The SMILES string of the molecule is N#Cc1ccc(N(CCO)CC(F)(F)F)c(Cl)c1. The summed E-state index contributed by atoms with van der Waals surface area (Å²) in [6.07, 6.45) is -4.40. The summed E-state index contributed by atoms with van der Waals surface area (Å²) in [5, 5.41) is 17.5. The summed E-state index contributed by atoms with van der Waals surface area (Å²) in [6, 6.07) is 5.84. The van der Waals surface area contributed by atoms with Crippen LogP contribution in [-0.4, -0.2) is 31.0 Å². The summed E-state index contributed by atoms with van der Waals surface area (Å²) in [6.45, 7) is -1.82. The molecule has 0 aromatic heterocycles. The third-order valence-electron chi connectivity index (χ3n) is 2.16. The van der Waals surface area contributed by atoms with Crippen molar-refractivity contribution < 1.29 is 18.3 Å². The van der Waals surface area contributed by atoms with Crippen LogP contribution in [0.3, 0.4) is 0 Å². The third-order valence-corrected chi connectivity index (χ3v) is 2.46. The molecule has 0 spiro atoms. The first kappa shape index (κ1) is 14.6. The van der Waals surface area contributed by atoms with Crippen molar-refractivity contribution in [2.75, 3.05) is 24.6 Å². The van der Waals surface area contributed by atoms with E-state index in [0.717, 1.165) is 4.90 Å². The van der Waals surface area contributed by atoms with Crippen molar-refractivity contribution in [3.05, 3.63) is 28.8 Å². The van der Waals surface area contributed by atoms with Crippen LogP contribution in [0.2, 0.25) is 5.02 Å². The summed E-state index contributed by atoms with van der Waals surface area (Å²) in [5.41, 5.74) is 0.404. The molecule has 0 saturated carbocycles. The second-order valence-corrected chi connectivity index (χ2v) is 3.95. The highest BCUT2D eigenvalue weighted by molar-refractivity contribution is 6.33. The summed E-state index contributed by atoms with van der Waals surface area (Å²) < 4.78 is 37.1. The highest BCUT2D eigenvalue weighted by Gasteiger charge is 2.31. The maximum Gasteiger partial charge on any atom is 0.405 e. The summed E-state index contributed by atoms with van der Waals surface area (Å²) in [7, 11) is 0. The van der Waals surface area contributed by atoms with Gasteiger partial charge in [0.15, 0.2) is 0 Å². The minimum atomic E-state index is -4.40. The predicted octanol–water partition coefficient (Wildman–Crippen LogP) is 2.57. The van der Waals surface area contributed by atoms with Gasteiger partial charge in [-0.15, -0.1) is 0 Å². The first-order chi connectivity index (χ1) is 8.37. The maximum atomic E-state index is 12.4. The lowest BCUT2D eigenvalue weighted by molar-refractivity contribution is -0.119. The molecule has 7 heteroatoms. The fourth-order valence-electron chi connectivity index (χ4n) is 1.45. The number of halogens is 4. The third kappa shape index (κ3) is 4.09. The molecule has 0 atom stereocenters. The Morgan fingerprint density at radius 2 is 2.06 bits per heavy atom. The minimum absolute atomic E-state index is 0.0479. The largest absolute Gasteiger partial charge is 0.405 e. The van der Waals surface area contributed by atoms with Crippen LogP contribution in [0.25, 0.3) is 0 Å². The van der Waals surface area contributed by atoms with Crippen molar-refractivity contribution in [3.63, 3.8) is 0 Å². The van der Waals surface area contributed by atoms with E-state index in [1.54, 1.807) is 0 Å². The van der Waals surface area contributed by atoms with Crippen LogP contribution >= 0.6 is 11.6 Å². The highest BCUT2D eigenvalue weighted by atomic mass is 35.5. The van der Waals surface area contributed by atoms with E-state index in [4.69, 9.17) is 22.0 Å². The average molecular weight is 279 g/mol. The number of benzene rings is 1. The van der Waals surface area contributed by atoms with E-state index in [-0.39, 0.29) is 22.8 Å². The molecule has 1 N–H and O–H groups in total. The van der Waals surface area contributed by atoms with Gasteiger partial charge in [-0.05, 0) is 18.2 Å².